The minimum absolute atomic E-state index is 0.260. The molecule has 1 aromatic heterocycles. The molecule has 1 aromatic rings. The van der Waals surface area contributed by atoms with Gasteiger partial charge in [-0.2, -0.15) is 0 Å². The quantitative estimate of drug-likeness (QED) is 0.748. The van der Waals surface area contributed by atoms with Crippen molar-refractivity contribution < 1.29 is 4.42 Å². The van der Waals surface area contributed by atoms with Gasteiger partial charge in [-0.25, -0.2) is 0 Å². The van der Waals surface area contributed by atoms with E-state index in [-0.39, 0.29) is 5.88 Å². The third-order valence-corrected chi connectivity index (χ3v) is 2.60. The Morgan fingerprint density at radius 3 is 2.56 bits per heavy atom. The zero-order valence-electron chi connectivity index (χ0n) is 10.2. The first kappa shape index (κ1) is 13.3. The van der Waals surface area contributed by atoms with Crippen LogP contribution in [0.3, 0.4) is 0 Å². The Balaban J connectivity index is 2.25. The molecule has 4 nitrogen and oxygen atoms in total. The molecule has 0 bridgehead atoms. The van der Waals surface area contributed by atoms with E-state index >= 15 is 0 Å². The van der Waals surface area contributed by atoms with Crippen molar-refractivity contribution in [2.24, 2.45) is 5.92 Å². The van der Waals surface area contributed by atoms with E-state index in [1.165, 1.54) is 12.8 Å². The van der Waals surface area contributed by atoms with Gasteiger partial charge in [0.25, 0.3) is 0 Å². The number of halogens is 1. The van der Waals surface area contributed by atoms with Crippen LogP contribution in [0.2, 0.25) is 0 Å². The van der Waals surface area contributed by atoms with Crippen LogP contribution in [0.1, 0.15) is 45.9 Å². The summed E-state index contributed by atoms with van der Waals surface area (Å²) in [5.41, 5.74) is 0. The molecule has 0 saturated heterocycles. The zero-order chi connectivity index (χ0) is 12.0. The van der Waals surface area contributed by atoms with Crippen LogP contribution in [-0.2, 0) is 5.88 Å². The normalized spacial score (nSPS) is 13.1. The van der Waals surface area contributed by atoms with Crippen molar-refractivity contribution in [3.63, 3.8) is 0 Å². The van der Waals surface area contributed by atoms with Gasteiger partial charge in [0.05, 0.1) is 0 Å². The average molecular weight is 246 g/mol. The number of nitrogens with zero attached hydrogens (tertiary/aromatic N) is 2. The van der Waals surface area contributed by atoms with Gasteiger partial charge in [0, 0.05) is 6.04 Å². The smallest absolute Gasteiger partial charge is 0.315 e. The third-order valence-electron chi connectivity index (χ3n) is 2.37. The van der Waals surface area contributed by atoms with E-state index in [2.05, 4.69) is 36.3 Å². The highest BCUT2D eigenvalue weighted by Gasteiger charge is 2.08. The molecule has 1 N–H and O–H groups in total. The summed E-state index contributed by atoms with van der Waals surface area (Å²) in [6.07, 6.45) is 3.57. The van der Waals surface area contributed by atoms with Crippen molar-refractivity contribution in [3.05, 3.63) is 5.89 Å². The van der Waals surface area contributed by atoms with Crippen molar-refractivity contribution in [2.45, 2.75) is 52.0 Å². The van der Waals surface area contributed by atoms with E-state index in [9.17, 15) is 0 Å². The molecule has 0 amide bonds. The molecule has 0 spiro atoms. The summed E-state index contributed by atoms with van der Waals surface area (Å²) in [6, 6.07) is 0.815. The predicted octanol–water partition coefficient (Wildman–Crippen LogP) is 3.44. The number of hydrogen-bond donors (Lipinski definition) is 1. The number of anilines is 1. The molecule has 1 atom stereocenters. The van der Waals surface area contributed by atoms with E-state index in [0.29, 0.717) is 17.9 Å². The zero-order valence-corrected chi connectivity index (χ0v) is 10.9. The lowest BCUT2D eigenvalue weighted by Gasteiger charge is -2.12. The highest BCUT2D eigenvalue weighted by molar-refractivity contribution is 6.16. The van der Waals surface area contributed by atoms with Gasteiger partial charge in [0.2, 0.25) is 5.89 Å². The van der Waals surface area contributed by atoms with Crippen LogP contribution in [0.5, 0.6) is 0 Å². The molecular formula is C11H20ClN3O. The Kier molecular flexibility index (Phi) is 5.60. The molecule has 0 aliphatic rings. The predicted molar refractivity (Wildman–Crippen MR) is 65.6 cm³/mol. The monoisotopic (exact) mass is 245 g/mol. The lowest BCUT2D eigenvalue weighted by Crippen LogP contribution is -2.15. The molecule has 0 fully saturated rings. The summed E-state index contributed by atoms with van der Waals surface area (Å²) in [5.74, 6) is 1.48. The molecule has 0 radical (unpaired) electrons. The minimum atomic E-state index is 0.260. The Labute approximate surface area is 102 Å². The maximum Gasteiger partial charge on any atom is 0.315 e. The molecule has 0 saturated carbocycles. The molecule has 1 heterocycles. The van der Waals surface area contributed by atoms with Crippen LogP contribution in [0.15, 0.2) is 4.42 Å². The largest absolute Gasteiger partial charge is 0.407 e. The lowest BCUT2D eigenvalue weighted by molar-refractivity contribution is 0.496. The molecule has 5 heteroatoms. The number of rotatable bonds is 7. The summed E-state index contributed by atoms with van der Waals surface area (Å²) in [4.78, 5) is 0. The number of alkyl halides is 1. The maximum atomic E-state index is 5.57. The van der Waals surface area contributed by atoms with Gasteiger partial charge in [-0.1, -0.05) is 31.8 Å². The van der Waals surface area contributed by atoms with Gasteiger partial charge in [0.15, 0.2) is 0 Å². The average Bonchev–Trinajstić information content (AvgIpc) is 2.65. The van der Waals surface area contributed by atoms with Gasteiger partial charge in [0.1, 0.15) is 5.88 Å². The fourth-order valence-corrected chi connectivity index (χ4v) is 1.59. The van der Waals surface area contributed by atoms with Gasteiger partial charge in [-0.3, -0.25) is 0 Å². The standard InChI is InChI=1S/C11H20ClN3O/c1-8(2)5-4-6-9(3)13-11-15-14-10(7-12)16-11/h8-9H,4-7H2,1-3H3,(H,13,15). The Hall–Kier alpha value is -0.770. The van der Waals surface area contributed by atoms with Crippen LogP contribution in [-0.4, -0.2) is 16.2 Å². The summed E-state index contributed by atoms with van der Waals surface area (Å²) in [7, 11) is 0. The maximum absolute atomic E-state index is 5.57. The highest BCUT2D eigenvalue weighted by atomic mass is 35.5. The first-order chi connectivity index (χ1) is 7.61. The molecule has 16 heavy (non-hydrogen) atoms. The van der Waals surface area contributed by atoms with Crippen molar-refractivity contribution in [1.82, 2.24) is 10.2 Å². The number of nitrogens with one attached hydrogen (secondary N) is 1. The molecule has 1 unspecified atom stereocenters. The van der Waals surface area contributed by atoms with Gasteiger partial charge in [-0.15, -0.1) is 16.7 Å². The number of aromatic nitrogens is 2. The van der Waals surface area contributed by atoms with Crippen molar-refractivity contribution in [3.8, 4) is 0 Å². The fraction of sp³-hybridized carbons (Fsp3) is 0.818. The molecule has 0 aliphatic heterocycles. The summed E-state index contributed by atoms with van der Waals surface area (Å²) >= 11 is 5.57. The fourth-order valence-electron chi connectivity index (χ4n) is 1.48. The molecule has 0 aromatic carbocycles. The van der Waals surface area contributed by atoms with E-state index in [1.807, 2.05) is 0 Å². The lowest BCUT2D eigenvalue weighted by atomic mass is 10.0. The van der Waals surface area contributed by atoms with Gasteiger partial charge < -0.3 is 9.73 Å². The van der Waals surface area contributed by atoms with E-state index in [4.69, 9.17) is 16.0 Å². The van der Waals surface area contributed by atoms with Crippen LogP contribution >= 0.6 is 11.6 Å². The van der Waals surface area contributed by atoms with E-state index < -0.39 is 0 Å². The second kappa shape index (κ2) is 6.74. The molecule has 1 rings (SSSR count). The SMILES string of the molecule is CC(C)CCCC(C)Nc1nnc(CCl)o1. The van der Waals surface area contributed by atoms with E-state index in [1.54, 1.807) is 0 Å². The van der Waals surface area contributed by atoms with Crippen LogP contribution in [0, 0.1) is 5.92 Å². The Bertz CT molecular complexity index is 301. The topological polar surface area (TPSA) is 51.0 Å². The second-order valence-corrected chi connectivity index (χ2v) is 4.77. The minimum Gasteiger partial charge on any atom is -0.407 e. The van der Waals surface area contributed by atoms with E-state index in [0.717, 1.165) is 12.3 Å². The Morgan fingerprint density at radius 2 is 2.00 bits per heavy atom. The summed E-state index contributed by atoms with van der Waals surface area (Å²) in [5, 5.41) is 10.8. The third kappa shape index (κ3) is 4.84. The van der Waals surface area contributed by atoms with Crippen molar-refractivity contribution in [2.75, 3.05) is 5.32 Å². The molecule has 92 valence electrons. The van der Waals surface area contributed by atoms with Crippen LogP contribution in [0.4, 0.5) is 6.01 Å². The van der Waals surface area contributed by atoms with Gasteiger partial charge in [-0.05, 0) is 19.3 Å². The first-order valence-corrected chi connectivity index (χ1v) is 6.30. The van der Waals surface area contributed by atoms with Crippen molar-refractivity contribution in [1.29, 1.82) is 0 Å². The second-order valence-electron chi connectivity index (χ2n) is 4.50. The number of hydrogen-bond acceptors (Lipinski definition) is 4. The Morgan fingerprint density at radius 1 is 1.25 bits per heavy atom. The first-order valence-electron chi connectivity index (χ1n) is 5.76. The van der Waals surface area contributed by atoms with Crippen LogP contribution in [0.25, 0.3) is 0 Å². The van der Waals surface area contributed by atoms with Crippen molar-refractivity contribution >= 4 is 17.6 Å². The highest BCUT2D eigenvalue weighted by Crippen LogP contribution is 2.13. The van der Waals surface area contributed by atoms with Gasteiger partial charge >= 0.3 is 6.01 Å². The van der Waals surface area contributed by atoms with Crippen LogP contribution < -0.4 is 5.32 Å². The molecular weight excluding hydrogens is 226 g/mol. The summed E-state index contributed by atoms with van der Waals surface area (Å²) in [6.45, 7) is 6.59. The summed E-state index contributed by atoms with van der Waals surface area (Å²) < 4.78 is 5.27. The molecule has 0 aliphatic carbocycles.